The van der Waals surface area contributed by atoms with Crippen LogP contribution in [0.3, 0.4) is 0 Å². The van der Waals surface area contributed by atoms with Crippen molar-refractivity contribution in [2.75, 3.05) is 13.7 Å². The van der Waals surface area contributed by atoms with Gasteiger partial charge in [-0.05, 0) is 67.9 Å². The number of carbonyl (C=O) groups is 2. The number of aliphatic hydroxyl groups is 4. The van der Waals surface area contributed by atoms with Crippen LogP contribution in [-0.4, -0.2) is 93.2 Å². The van der Waals surface area contributed by atoms with E-state index in [1.165, 1.54) is 24.7 Å². The van der Waals surface area contributed by atoms with Crippen LogP contribution in [0, 0.1) is 23.7 Å². The van der Waals surface area contributed by atoms with Gasteiger partial charge in [0.25, 0.3) is 11.6 Å². The third-order valence-corrected chi connectivity index (χ3v) is 12.7. The van der Waals surface area contributed by atoms with Crippen molar-refractivity contribution in [1.29, 1.82) is 0 Å². The SMILES string of the molecule is COC1(c2cc(OC3(C=O)CC(O)C(NC(C)=O)C(C(O)C(O)CO)O3)c3nc(C(C)(C)C)sc3c2)OOC12C1CC3CC(C1)CC2C3. The number of amides is 1. The van der Waals surface area contributed by atoms with Crippen LogP contribution >= 0.6 is 11.3 Å². The third-order valence-electron chi connectivity index (χ3n) is 11.3. The Hall–Kier alpha value is -2.27. The van der Waals surface area contributed by atoms with Gasteiger partial charge in [-0.15, -0.1) is 11.3 Å². The number of nitrogens with one attached hydrogen (secondary N) is 1. The van der Waals surface area contributed by atoms with Gasteiger partial charge in [0.2, 0.25) is 5.91 Å². The third kappa shape index (κ3) is 5.13. The van der Waals surface area contributed by atoms with Crippen LogP contribution < -0.4 is 10.1 Å². The second-order valence-corrected chi connectivity index (χ2v) is 16.6. The number of methoxy groups -OCH3 is 1. The number of aliphatic hydroxyl groups excluding tert-OH is 4. The van der Waals surface area contributed by atoms with E-state index in [-0.39, 0.29) is 23.0 Å². The van der Waals surface area contributed by atoms with Crippen LogP contribution in [0.1, 0.15) is 76.8 Å². The molecule has 4 aliphatic carbocycles. The van der Waals surface area contributed by atoms with Gasteiger partial charge in [0.15, 0.2) is 17.6 Å². The summed E-state index contributed by atoms with van der Waals surface area (Å²) < 4.78 is 19.6. The highest BCUT2D eigenvalue weighted by atomic mass is 32.1. The molecule has 0 radical (unpaired) electrons. The smallest absolute Gasteiger partial charge is 0.270 e. The van der Waals surface area contributed by atoms with Crippen LogP contribution in [-0.2, 0) is 40.0 Å². The van der Waals surface area contributed by atoms with E-state index in [4.69, 9.17) is 29.0 Å². The molecular weight excluding hydrogens is 644 g/mol. The van der Waals surface area contributed by atoms with Gasteiger partial charge in [0.05, 0.1) is 28.5 Å². The summed E-state index contributed by atoms with van der Waals surface area (Å²) >= 11 is 1.48. The molecule has 1 amide bonds. The molecule has 1 aromatic carbocycles. The van der Waals surface area contributed by atoms with Gasteiger partial charge in [-0.3, -0.25) is 9.59 Å². The van der Waals surface area contributed by atoms with Crippen molar-refractivity contribution in [2.45, 2.75) is 119 Å². The summed E-state index contributed by atoms with van der Waals surface area (Å²) in [6.07, 6.45) is -1.07. The van der Waals surface area contributed by atoms with Crippen molar-refractivity contribution < 1.29 is 54.0 Å². The van der Waals surface area contributed by atoms with Crippen molar-refractivity contribution >= 4 is 33.7 Å². The highest BCUT2D eigenvalue weighted by Gasteiger charge is 2.76. The predicted octanol–water partition coefficient (Wildman–Crippen LogP) is 2.19. The van der Waals surface area contributed by atoms with Gasteiger partial charge < -0.3 is 40.0 Å². The maximum absolute atomic E-state index is 13.0. The minimum absolute atomic E-state index is 0.161. The number of nitrogens with zero attached hydrogens (tertiary/aromatic N) is 1. The largest absolute Gasteiger partial charge is 0.453 e. The molecule has 13 nitrogen and oxygen atoms in total. The number of rotatable bonds is 9. The van der Waals surface area contributed by atoms with Gasteiger partial charge >= 0.3 is 0 Å². The first-order valence-electron chi connectivity index (χ1n) is 16.8. The molecule has 2 saturated heterocycles. The number of ether oxygens (including phenoxy) is 3. The molecule has 48 heavy (non-hydrogen) atoms. The fourth-order valence-corrected chi connectivity index (χ4v) is 10.4. The van der Waals surface area contributed by atoms with Crippen molar-refractivity contribution in [3.05, 3.63) is 22.7 Å². The average Bonchev–Trinajstić information content (AvgIpc) is 3.47. The molecule has 1 spiro atoms. The molecule has 2 aromatic rings. The standard InChI is InChI=1S/C34H46N2O11S/c1-16(39)35-26-22(40)13-32(15-38,45-29(26)28(42)23(41)14-37)44-24-11-21(12-25-27(24)36-30(48-25)31(2,3)4)34(43-5)33(46-47-34)19-7-17-6-18(9-19)10-20(33)8-17/h11-12,15,17-20,22-23,26,28-29,37,40-42H,6-10,13-14H2,1-5H3,(H,35,39). The Kier molecular flexibility index (Phi) is 8.49. The lowest BCUT2D eigenvalue weighted by molar-refractivity contribution is -0.645. The second kappa shape index (κ2) is 11.9. The maximum atomic E-state index is 13.0. The zero-order valence-electron chi connectivity index (χ0n) is 27.9. The Bertz CT molecular complexity index is 1540. The number of thiazole rings is 1. The van der Waals surface area contributed by atoms with Crippen molar-refractivity contribution in [3.63, 3.8) is 0 Å². The number of hydrogen-bond donors (Lipinski definition) is 5. The van der Waals surface area contributed by atoms with E-state index in [0.717, 1.165) is 35.4 Å². The molecule has 4 saturated carbocycles. The summed E-state index contributed by atoms with van der Waals surface area (Å²) in [5.41, 5.74) is 0.0739. The molecule has 7 atom stereocenters. The highest BCUT2D eigenvalue weighted by molar-refractivity contribution is 7.18. The molecule has 2 aliphatic heterocycles. The van der Waals surface area contributed by atoms with E-state index in [9.17, 15) is 30.0 Å². The lowest BCUT2D eigenvalue weighted by Gasteiger charge is -2.68. The number of benzene rings is 1. The number of fused-ring (bicyclic) bond motifs is 1. The summed E-state index contributed by atoms with van der Waals surface area (Å²) in [5.74, 6) is -1.96. The molecule has 14 heteroatoms. The van der Waals surface area contributed by atoms with E-state index < -0.39 is 66.6 Å². The van der Waals surface area contributed by atoms with Crippen LogP contribution in [0.15, 0.2) is 12.1 Å². The van der Waals surface area contributed by atoms with E-state index in [0.29, 0.717) is 29.2 Å². The van der Waals surface area contributed by atoms with Crippen LogP contribution in [0.5, 0.6) is 5.75 Å². The summed E-state index contributed by atoms with van der Waals surface area (Å²) in [6, 6.07) is 2.49. The summed E-state index contributed by atoms with van der Waals surface area (Å²) in [5, 5.41) is 45.4. The molecule has 7 unspecified atom stereocenters. The Balaban J connectivity index is 1.33. The average molecular weight is 691 g/mol. The van der Waals surface area contributed by atoms with Crippen molar-refractivity contribution in [2.24, 2.45) is 23.7 Å². The van der Waals surface area contributed by atoms with Crippen LogP contribution in [0.4, 0.5) is 0 Å². The molecule has 3 heterocycles. The van der Waals surface area contributed by atoms with Gasteiger partial charge in [0.1, 0.15) is 23.8 Å². The molecule has 5 N–H and O–H groups in total. The Morgan fingerprint density at radius 2 is 1.81 bits per heavy atom. The fourth-order valence-electron chi connectivity index (χ4n) is 9.31. The van der Waals surface area contributed by atoms with Crippen LogP contribution in [0.2, 0.25) is 0 Å². The molecule has 8 rings (SSSR count). The van der Waals surface area contributed by atoms with E-state index in [2.05, 4.69) is 5.32 Å². The van der Waals surface area contributed by atoms with Gasteiger partial charge in [0, 0.05) is 31.4 Å². The maximum Gasteiger partial charge on any atom is 0.270 e. The predicted molar refractivity (Wildman–Crippen MR) is 171 cm³/mol. The summed E-state index contributed by atoms with van der Waals surface area (Å²) in [4.78, 5) is 42.1. The van der Waals surface area contributed by atoms with Crippen molar-refractivity contribution in [1.82, 2.24) is 10.3 Å². The normalized spacial score (nSPS) is 40.1. The molecule has 1 aromatic heterocycles. The molecule has 264 valence electrons. The van der Waals surface area contributed by atoms with Gasteiger partial charge in [-0.1, -0.05) is 20.8 Å². The van der Waals surface area contributed by atoms with Gasteiger partial charge in [-0.25, -0.2) is 9.87 Å². The van der Waals surface area contributed by atoms with E-state index >= 15 is 0 Å². The number of aldehydes is 1. The zero-order valence-corrected chi connectivity index (χ0v) is 28.7. The molecule has 6 aliphatic rings. The summed E-state index contributed by atoms with van der Waals surface area (Å²) in [6.45, 7) is 6.53. The lowest BCUT2D eigenvalue weighted by Crippen LogP contribution is -2.76. The van der Waals surface area contributed by atoms with Crippen LogP contribution in [0.25, 0.3) is 10.2 Å². The number of carbonyl (C=O) groups excluding carboxylic acids is 2. The van der Waals surface area contributed by atoms with Gasteiger partial charge in [-0.2, -0.15) is 4.89 Å². The first-order valence-corrected chi connectivity index (χ1v) is 17.6. The Morgan fingerprint density at radius 3 is 2.33 bits per heavy atom. The Morgan fingerprint density at radius 1 is 1.15 bits per heavy atom. The molecule has 4 bridgehead atoms. The fraction of sp³-hybridized carbons (Fsp3) is 0.735. The highest BCUT2D eigenvalue weighted by Crippen LogP contribution is 2.69. The number of aromatic nitrogens is 1. The number of hydrogen-bond acceptors (Lipinski definition) is 13. The van der Waals surface area contributed by atoms with Crippen molar-refractivity contribution in [3.8, 4) is 5.75 Å². The quantitative estimate of drug-likeness (QED) is 0.191. The first-order chi connectivity index (χ1) is 22.7. The minimum Gasteiger partial charge on any atom is -0.453 e. The lowest BCUT2D eigenvalue weighted by atomic mass is 9.47. The Labute approximate surface area is 282 Å². The van der Waals surface area contributed by atoms with E-state index in [1.54, 1.807) is 13.2 Å². The molecular formula is C34H46N2O11S. The zero-order chi connectivity index (χ0) is 34.4. The summed E-state index contributed by atoms with van der Waals surface area (Å²) in [7, 11) is 1.61. The topological polar surface area (TPSA) is 186 Å². The monoisotopic (exact) mass is 690 g/mol. The second-order valence-electron chi connectivity index (χ2n) is 15.5. The minimum atomic E-state index is -2.18. The first kappa shape index (κ1) is 34.2. The van der Waals surface area contributed by atoms with E-state index in [1.807, 2.05) is 26.8 Å². The molecule has 6 fully saturated rings.